The van der Waals surface area contributed by atoms with Gasteiger partial charge in [-0.3, -0.25) is 9.69 Å². The van der Waals surface area contributed by atoms with E-state index in [1.165, 1.54) is 10.4 Å². The number of hydrogen-bond donors (Lipinski definition) is 2. The number of amides is 1. The van der Waals surface area contributed by atoms with Gasteiger partial charge in [-0.1, -0.05) is 36.4 Å². The molecular formula is C22H25N5OS2. The van der Waals surface area contributed by atoms with Gasteiger partial charge < -0.3 is 4.90 Å². The number of rotatable bonds is 5. The van der Waals surface area contributed by atoms with Crippen LogP contribution in [0.5, 0.6) is 0 Å². The molecule has 3 aromatic rings. The summed E-state index contributed by atoms with van der Waals surface area (Å²) in [6.07, 6.45) is 0.806. The molecule has 2 fully saturated rings. The van der Waals surface area contributed by atoms with E-state index in [-0.39, 0.29) is 18.0 Å². The van der Waals surface area contributed by atoms with Gasteiger partial charge in [0, 0.05) is 48.5 Å². The summed E-state index contributed by atoms with van der Waals surface area (Å²) in [5, 5.41) is 5.30. The first-order valence-electron chi connectivity index (χ1n) is 10.3. The molecule has 0 radical (unpaired) electrons. The maximum absolute atomic E-state index is 12.9. The Morgan fingerprint density at radius 2 is 1.87 bits per heavy atom. The first-order chi connectivity index (χ1) is 14.8. The van der Waals surface area contributed by atoms with E-state index in [0.29, 0.717) is 0 Å². The molecule has 0 spiro atoms. The van der Waals surface area contributed by atoms with E-state index in [0.717, 1.165) is 49.8 Å². The van der Waals surface area contributed by atoms with E-state index in [2.05, 4.69) is 50.8 Å². The van der Waals surface area contributed by atoms with E-state index in [4.69, 9.17) is 4.98 Å². The second-order valence-corrected chi connectivity index (χ2v) is 9.59. The number of thiophene rings is 1. The molecule has 6 nitrogen and oxygen atoms in total. The summed E-state index contributed by atoms with van der Waals surface area (Å²) >= 11 is 3.43. The first kappa shape index (κ1) is 19.8. The molecule has 8 heteroatoms. The van der Waals surface area contributed by atoms with Crippen molar-refractivity contribution in [1.29, 1.82) is 0 Å². The first-order valence-corrected chi connectivity index (χ1v) is 12.1. The number of thiazole rings is 1. The number of hydrazine groups is 1. The Morgan fingerprint density at radius 3 is 2.63 bits per heavy atom. The van der Waals surface area contributed by atoms with Gasteiger partial charge in [0.1, 0.15) is 11.0 Å². The molecule has 2 unspecified atom stereocenters. The van der Waals surface area contributed by atoms with Gasteiger partial charge in [0.2, 0.25) is 5.91 Å². The Balaban J connectivity index is 1.12. The summed E-state index contributed by atoms with van der Waals surface area (Å²) in [6.45, 7) is 4.17. The van der Waals surface area contributed by atoms with Crippen LogP contribution in [-0.2, 0) is 11.3 Å². The summed E-state index contributed by atoms with van der Waals surface area (Å²) < 4.78 is 0. The number of aromatic nitrogens is 1. The van der Waals surface area contributed by atoms with Gasteiger partial charge in [0.25, 0.3) is 0 Å². The predicted molar refractivity (Wildman–Crippen MR) is 121 cm³/mol. The molecule has 1 amide bonds. The smallest absolute Gasteiger partial charge is 0.241 e. The van der Waals surface area contributed by atoms with E-state index in [1.807, 2.05) is 23.1 Å². The molecule has 2 aliphatic rings. The van der Waals surface area contributed by atoms with Crippen molar-refractivity contribution in [3.05, 3.63) is 63.8 Å². The molecule has 30 heavy (non-hydrogen) atoms. The summed E-state index contributed by atoms with van der Waals surface area (Å²) in [5.41, 5.74) is 8.77. The topological polar surface area (TPSA) is 60.5 Å². The molecule has 0 bridgehead atoms. The molecule has 2 aliphatic heterocycles. The molecule has 5 rings (SSSR count). The van der Waals surface area contributed by atoms with Crippen LogP contribution in [0.2, 0.25) is 0 Å². The van der Waals surface area contributed by atoms with E-state index >= 15 is 0 Å². The zero-order valence-electron chi connectivity index (χ0n) is 16.7. The van der Waals surface area contributed by atoms with Gasteiger partial charge in [-0.15, -0.1) is 22.7 Å². The molecule has 1 aromatic carbocycles. The van der Waals surface area contributed by atoms with Crippen LogP contribution in [0.15, 0.2) is 53.2 Å². The molecule has 2 atom stereocenters. The lowest BCUT2D eigenvalue weighted by molar-refractivity contribution is -0.135. The third-order valence-electron chi connectivity index (χ3n) is 5.73. The van der Waals surface area contributed by atoms with Gasteiger partial charge in [-0.2, -0.15) is 0 Å². The number of benzene rings is 1. The maximum atomic E-state index is 12.9. The Bertz CT molecular complexity index is 967. The van der Waals surface area contributed by atoms with Crippen LogP contribution < -0.4 is 10.9 Å². The molecule has 2 aromatic heterocycles. The van der Waals surface area contributed by atoms with E-state index in [1.54, 1.807) is 22.7 Å². The molecule has 2 N–H and O–H groups in total. The van der Waals surface area contributed by atoms with E-state index in [9.17, 15) is 4.79 Å². The highest BCUT2D eigenvalue weighted by atomic mass is 32.1. The fraction of sp³-hybridized carbons (Fsp3) is 0.364. The lowest BCUT2D eigenvalue weighted by atomic mass is 10.1. The minimum atomic E-state index is -0.143. The number of carbonyl (C=O) groups excluding carboxylic acids is 1. The highest BCUT2D eigenvalue weighted by molar-refractivity contribution is 7.13. The van der Waals surface area contributed by atoms with Gasteiger partial charge >= 0.3 is 0 Å². The summed E-state index contributed by atoms with van der Waals surface area (Å²) in [7, 11) is 0. The van der Waals surface area contributed by atoms with Crippen molar-refractivity contribution in [2.24, 2.45) is 0 Å². The van der Waals surface area contributed by atoms with Crippen molar-refractivity contribution in [3.63, 3.8) is 0 Å². The summed E-state index contributed by atoms with van der Waals surface area (Å²) in [6, 6.07) is 14.6. The molecule has 0 saturated carbocycles. The third-order valence-corrected chi connectivity index (χ3v) is 7.66. The average molecular weight is 440 g/mol. The van der Waals surface area contributed by atoms with Crippen LogP contribution in [0.25, 0.3) is 10.6 Å². The van der Waals surface area contributed by atoms with Crippen LogP contribution in [-0.4, -0.2) is 52.9 Å². The largest absolute Gasteiger partial charge is 0.339 e. The highest BCUT2D eigenvalue weighted by Gasteiger charge is 2.34. The number of carbonyl (C=O) groups is 1. The zero-order valence-corrected chi connectivity index (χ0v) is 18.3. The number of nitrogens with one attached hydrogen (secondary N) is 2. The predicted octanol–water partition coefficient (Wildman–Crippen LogP) is 3.12. The number of piperazine rings is 1. The van der Waals surface area contributed by atoms with Crippen molar-refractivity contribution < 1.29 is 4.79 Å². The number of nitrogens with zero attached hydrogens (tertiary/aromatic N) is 3. The Hall–Kier alpha value is -2.10. The zero-order chi connectivity index (χ0) is 20.3. The standard InChI is InChI=1S/C22H25N5OS2/c28-22(19-13-18(24-25-19)20-7-4-12-29-20)27-10-8-26(9-11-27)14-17-15-30-21(23-17)16-5-2-1-3-6-16/h1-7,12,15,18-19,24-25H,8-11,13-14H2. The lowest BCUT2D eigenvalue weighted by Crippen LogP contribution is -2.53. The average Bonchev–Trinajstić information content (AvgIpc) is 3.55. The summed E-state index contributed by atoms with van der Waals surface area (Å²) in [5.74, 6) is 0.209. The van der Waals surface area contributed by atoms with Gasteiger partial charge in [0.05, 0.1) is 11.7 Å². The molecule has 156 valence electrons. The van der Waals surface area contributed by atoms with Crippen LogP contribution in [0.1, 0.15) is 23.0 Å². The van der Waals surface area contributed by atoms with Crippen LogP contribution >= 0.6 is 22.7 Å². The van der Waals surface area contributed by atoms with Gasteiger partial charge in [0.15, 0.2) is 0 Å². The number of hydrogen-bond acceptors (Lipinski definition) is 7. The minimum absolute atomic E-state index is 0.143. The molecule has 0 aliphatic carbocycles. The normalized spacial score (nSPS) is 22.5. The third kappa shape index (κ3) is 4.33. The Kier molecular flexibility index (Phi) is 5.92. The Labute approximate surface area is 184 Å². The quantitative estimate of drug-likeness (QED) is 0.640. The van der Waals surface area contributed by atoms with Gasteiger partial charge in [-0.25, -0.2) is 15.8 Å². The second-order valence-electron chi connectivity index (χ2n) is 7.76. The second kappa shape index (κ2) is 8.95. The maximum Gasteiger partial charge on any atom is 0.241 e. The van der Waals surface area contributed by atoms with Crippen molar-refractivity contribution >= 4 is 28.6 Å². The van der Waals surface area contributed by atoms with Crippen LogP contribution in [0.4, 0.5) is 0 Å². The molecular weight excluding hydrogens is 414 g/mol. The van der Waals surface area contributed by atoms with Gasteiger partial charge in [-0.05, 0) is 17.9 Å². The van der Waals surface area contributed by atoms with Crippen LogP contribution in [0, 0.1) is 0 Å². The monoisotopic (exact) mass is 439 g/mol. The fourth-order valence-corrected chi connectivity index (χ4v) is 5.67. The fourth-order valence-electron chi connectivity index (χ4n) is 4.06. The minimum Gasteiger partial charge on any atom is -0.339 e. The Morgan fingerprint density at radius 1 is 1.03 bits per heavy atom. The SMILES string of the molecule is O=C(C1CC(c2cccs2)NN1)N1CCN(Cc2csc(-c3ccccc3)n2)CC1. The van der Waals surface area contributed by atoms with Crippen molar-refractivity contribution in [1.82, 2.24) is 25.6 Å². The van der Waals surface area contributed by atoms with Crippen molar-refractivity contribution in [2.45, 2.75) is 25.0 Å². The molecule has 2 saturated heterocycles. The summed E-state index contributed by atoms with van der Waals surface area (Å²) in [4.78, 5) is 23.4. The van der Waals surface area contributed by atoms with E-state index < -0.39 is 0 Å². The lowest BCUT2D eigenvalue weighted by Gasteiger charge is -2.35. The van der Waals surface area contributed by atoms with Crippen molar-refractivity contribution in [3.8, 4) is 10.6 Å². The van der Waals surface area contributed by atoms with Crippen LogP contribution in [0.3, 0.4) is 0 Å². The highest BCUT2D eigenvalue weighted by Crippen LogP contribution is 2.27. The van der Waals surface area contributed by atoms with Crippen molar-refractivity contribution in [2.75, 3.05) is 26.2 Å². The molecule has 4 heterocycles.